The minimum absolute atomic E-state index is 0.0466. The molecule has 0 radical (unpaired) electrons. The standard InChI is InChI=1S/C21H22FNO3/c1-23(2)21(26)18-8-7-15(11-19(18)22)14-5-3-13-4-6-16(20(25)12-24)10-17(13)9-14/h3,5,7-9,11,16,24H,4,6,10,12H2,1-2H3. The van der Waals surface area contributed by atoms with Gasteiger partial charge >= 0.3 is 0 Å². The van der Waals surface area contributed by atoms with E-state index in [9.17, 15) is 14.0 Å². The van der Waals surface area contributed by atoms with Crippen LogP contribution >= 0.6 is 0 Å². The third-order valence-corrected chi connectivity index (χ3v) is 4.98. The summed E-state index contributed by atoms with van der Waals surface area (Å²) in [7, 11) is 3.17. The van der Waals surface area contributed by atoms with Gasteiger partial charge in [0.1, 0.15) is 12.4 Å². The van der Waals surface area contributed by atoms with Crippen LogP contribution in [0.2, 0.25) is 0 Å². The number of rotatable bonds is 4. The van der Waals surface area contributed by atoms with Gasteiger partial charge in [-0.1, -0.05) is 24.3 Å². The molecule has 0 bridgehead atoms. The van der Waals surface area contributed by atoms with E-state index in [0.717, 1.165) is 24.0 Å². The van der Waals surface area contributed by atoms with Crippen LogP contribution in [0.25, 0.3) is 11.1 Å². The molecular formula is C21H22FNO3. The van der Waals surface area contributed by atoms with Gasteiger partial charge in [0, 0.05) is 20.0 Å². The van der Waals surface area contributed by atoms with Gasteiger partial charge in [-0.3, -0.25) is 9.59 Å². The Balaban J connectivity index is 1.90. The molecule has 0 fully saturated rings. The van der Waals surface area contributed by atoms with Gasteiger partial charge in [-0.15, -0.1) is 0 Å². The molecule has 1 aliphatic carbocycles. The number of nitrogens with zero attached hydrogens (tertiary/aromatic N) is 1. The van der Waals surface area contributed by atoms with Gasteiger partial charge in [0.15, 0.2) is 5.78 Å². The van der Waals surface area contributed by atoms with Crippen molar-refractivity contribution in [1.29, 1.82) is 0 Å². The van der Waals surface area contributed by atoms with Gasteiger partial charge in [-0.05, 0) is 53.6 Å². The van der Waals surface area contributed by atoms with Crippen LogP contribution in [0.1, 0.15) is 27.9 Å². The predicted octanol–water partition coefficient (Wildman–Crippen LogP) is 2.86. The molecule has 5 heteroatoms. The number of hydrogen-bond donors (Lipinski definition) is 1. The monoisotopic (exact) mass is 355 g/mol. The van der Waals surface area contributed by atoms with Crippen LogP contribution in [-0.2, 0) is 17.6 Å². The SMILES string of the molecule is CN(C)C(=O)c1ccc(-c2ccc3c(c2)CC(C(=O)CO)CC3)cc1F. The largest absolute Gasteiger partial charge is 0.389 e. The van der Waals surface area contributed by atoms with Gasteiger partial charge < -0.3 is 10.0 Å². The summed E-state index contributed by atoms with van der Waals surface area (Å²) in [5, 5.41) is 9.09. The fraction of sp³-hybridized carbons (Fsp3) is 0.333. The Hall–Kier alpha value is -2.53. The van der Waals surface area contributed by atoms with E-state index in [-0.39, 0.29) is 23.2 Å². The molecule has 1 amide bonds. The molecule has 1 atom stereocenters. The van der Waals surface area contributed by atoms with E-state index in [4.69, 9.17) is 5.11 Å². The van der Waals surface area contributed by atoms with Crippen LogP contribution in [0, 0.1) is 11.7 Å². The highest BCUT2D eigenvalue weighted by Gasteiger charge is 2.24. The molecule has 3 rings (SSSR count). The lowest BCUT2D eigenvalue weighted by Crippen LogP contribution is -2.25. The second-order valence-electron chi connectivity index (χ2n) is 6.94. The van der Waals surface area contributed by atoms with Crippen molar-refractivity contribution in [1.82, 2.24) is 4.90 Å². The number of fused-ring (bicyclic) bond motifs is 1. The van der Waals surface area contributed by atoms with E-state index >= 15 is 0 Å². The van der Waals surface area contributed by atoms with E-state index in [2.05, 4.69) is 0 Å². The second-order valence-corrected chi connectivity index (χ2v) is 6.94. The number of ketones is 1. The first-order valence-electron chi connectivity index (χ1n) is 8.67. The average molecular weight is 355 g/mol. The maximum absolute atomic E-state index is 14.4. The maximum atomic E-state index is 14.4. The van der Waals surface area contributed by atoms with Crippen LogP contribution < -0.4 is 0 Å². The van der Waals surface area contributed by atoms with Crippen molar-refractivity contribution in [2.75, 3.05) is 20.7 Å². The third kappa shape index (κ3) is 3.53. The molecule has 1 unspecified atom stereocenters. The molecule has 2 aromatic carbocycles. The third-order valence-electron chi connectivity index (χ3n) is 4.98. The number of carbonyl (C=O) groups excluding carboxylic acids is 2. The molecule has 26 heavy (non-hydrogen) atoms. The Kier molecular flexibility index (Phi) is 5.18. The number of carbonyl (C=O) groups is 2. The number of benzene rings is 2. The highest BCUT2D eigenvalue weighted by atomic mass is 19.1. The second kappa shape index (κ2) is 7.38. The summed E-state index contributed by atoms with van der Waals surface area (Å²) in [5.41, 5.74) is 3.84. The summed E-state index contributed by atoms with van der Waals surface area (Å²) in [6, 6.07) is 10.5. The van der Waals surface area contributed by atoms with E-state index in [0.29, 0.717) is 12.0 Å². The summed E-state index contributed by atoms with van der Waals surface area (Å²) in [6.07, 6.45) is 2.15. The van der Waals surface area contributed by atoms with Gasteiger partial charge in [0.05, 0.1) is 5.56 Å². The Bertz CT molecular complexity index is 860. The quantitative estimate of drug-likeness (QED) is 0.917. The smallest absolute Gasteiger partial charge is 0.256 e. The molecule has 2 aromatic rings. The number of Topliss-reactive ketones (excluding diaryl/α,β-unsaturated/α-hetero) is 1. The first-order chi connectivity index (χ1) is 12.4. The Morgan fingerprint density at radius 1 is 1.12 bits per heavy atom. The van der Waals surface area contributed by atoms with E-state index in [1.807, 2.05) is 18.2 Å². The molecule has 1 aliphatic rings. The van der Waals surface area contributed by atoms with Crippen molar-refractivity contribution in [3.8, 4) is 11.1 Å². The van der Waals surface area contributed by atoms with Crippen molar-refractivity contribution >= 4 is 11.7 Å². The van der Waals surface area contributed by atoms with Gasteiger partial charge in [-0.2, -0.15) is 0 Å². The lowest BCUT2D eigenvalue weighted by Gasteiger charge is -2.23. The summed E-state index contributed by atoms with van der Waals surface area (Å²) in [6.45, 7) is -0.424. The van der Waals surface area contributed by atoms with Crippen molar-refractivity contribution in [2.45, 2.75) is 19.3 Å². The molecular weight excluding hydrogens is 333 g/mol. The van der Waals surface area contributed by atoms with Gasteiger partial charge in [-0.25, -0.2) is 4.39 Å². The number of hydrogen-bond acceptors (Lipinski definition) is 3. The zero-order valence-corrected chi connectivity index (χ0v) is 15.0. The molecule has 0 aliphatic heterocycles. The molecule has 0 saturated carbocycles. The summed E-state index contributed by atoms with van der Waals surface area (Å²) < 4.78 is 14.4. The highest BCUT2D eigenvalue weighted by Crippen LogP contribution is 2.31. The van der Waals surface area contributed by atoms with Crippen LogP contribution in [0.4, 0.5) is 4.39 Å². The van der Waals surface area contributed by atoms with Crippen molar-refractivity contribution in [3.63, 3.8) is 0 Å². The van der Waals surface area contributed by atoms with Crippen molar-refractivity contribution in [3.05, 3.63) is 58.9 Å². The maximum Gasteiger partial charge on any atom is 0.256 e. The van der Waals surface area contributed by atoms with Gasteiger partial charge in [0.25, 0.3) is 5.91 Å². The lowest BCUT2D eigenvalue weighted by molar-refractivity contribution is -0.125. The van der Waals surface area contributed by atoms with E-state index in [1.165, 1.54) is 22.6 Å². The molecule has 0 spiro atoms. The minimum atomic E-state index is -0.549. The molecule has 136 valence electrons. The number of aliphatic hydroxyl groups excluding tert-OH is 1. The minimum Gasteiger partial charge on any atom is -0.389 e. The zero-order chi connectivity index (χ0) is 18.8. The predicted molar refractivity (Wildman–Crippen MR) is 97.5 cm³/mol. The zero-order valence-electron chi connectivity index (χ0n) is 15.0. The Morgan fingerprint density at radius 2 is 1.81 bits per heavy atom. The highest BCUT2D eigenvalue weighted by molar-refractivity contribution is 5.94. The molecule has 1 N–H and O–H groups in total. The molecule has 0 aromatic heterocycles. The number of aliphatic hydroxyl groups is 1. The van der Waals surface area contributed by atoms with Crippen LogP contribution in [0.5, 0.6) is 0 Å². The summed E-state index contributed by atoms with van der Waals surface area (Å²) >= 11 is 0. The van der Waals surface area contributed by atoms with Crippen molar-refractivity contribution in [2.24, 2.45) is 5.92 Å². The van der Waals surface area contributed by atoms with Crippen LogP contribution in [0.3, 0.4) is 0 Å². The topological polar surface area (TPSA) is 57.6 Å². The van der Waals surface area contributed by atoms with Crippen LogP contribution in [0.15, 0.2) is 36.4 Å². The molecule has 0 heterocycles. The van der Waals surface area contributed by atoms with E-state index in [1.54, 1.807) is 20.2 Å². The number of aryl methyl sites for hydroxylation is 1. The fourth-order valence-electron chi connectivity index (χ4n) is 3.45. The fourth-order valence-corrected chi connectivity index (χ4v) is 3.45. The first kappa shape index (κ1) is 18.3. The lowest BCUT2D eigenvalue weighted by atomic mass is 9.81. The number of amides is 1. The normalized spacial score (nSPS) is 16.1. The average Bonchev–Trinajstić information content (AvgIpc) is 2.65. The summed E-state index contributed by atoms with van der Waals surface area (Å²) in [5.74, 6) is -1.20. The Labute approximate surface area is 152 Å². The Morgan fingerprint density at radius 3 is 2.46 bits per heavy atom. The van der Waals surface area contributed by atoms with E-state index < -0.39 is 12.4 Å². The molecule has 4 nitrogen and oxygen atoms in total. The summed E-state index contributed by atoms with van der Waals surface area (Å²) in [4.78, 5) is 25.1. The van der Waals surface area contributed by atoms with Gasteiger partial charge in [0.2, 0.25) is 0 Å². The van der Waals surface area contributed by atoms with Crippen molar-refractivity contribution < 1.29 is 19.1 Å². The molecule has 0 saturated heterocycles. The van der Waals surface area contributed by atoms with Crippen LogP contribution in [-0.4, -0.2) is 42.4 Å². The number of halogens is 1. The first-order valence-corrected chi connectivity index (χ1v) is 8.67.